The Bertz CT molecular complexity index is 314. The molecule has 1 aromatic carbocycles. The van der Waals surface area contributed by atoms with E-state index >= 15 is 0 Å². The molecule has 0 heterocycles. The second-order valence-corrected chi connectivity index (χ2v) is 2.99. The zero-order chi connectivity index (χ0) is 9.84. The quantitative estimate of drug-likeness (QED) is 0.735. The SMILES string of the molecule is COC(=O)[C@H](N)c1cccc(Cl)c1. The maximum atomic E-state index is 11.0. The Hall–Kier alpha value is -1.06. The molecule has 4 heteroatoms. The van der Waals surface area contributed by atoms with Gasteiger partial charge in [-0.25, -0.2) is 0 Å². The van der Waals surface area contributed by atoms with Crippen LogP contribution in [-0.4, -0.2) is 13.1 Å². The Balaban J connectivity index is 2.88. The Morgan fingerprint density at radius 1 is 1.62 bits per heavy atom. The second kappa shape index (κ2) is 4.25. The van der Waals surface area contributed by atoms with Crippen molar-refractivity contribution in [2.75, 3.05) is 7.11 Å². The summed E-state index contributed by atoms with van der Waals surface area (Å²) in [7, 11) is 1.30. The van der Waals surface area contributed by atoms with Crippen molar-refractivity contribution >= 4 is 17.6 Å². The van der Waals surface area contributed by atoms with Gasteiger partial charge in [-0.05, 0) is 17.7 Å². The Kier molecular flexibility index (Phi) is 3.28. The fourth-order valence-corrected chi connectivity index (χ4v) is 1.16. The summed E-state index contributed by atoms with van der Waals surface area (Å²) >= 11 is 5.73. The number of hydrogen-bond donors (Lipinski definition) is 1. The van der Waals surface area contributed by atoms with Gasteiger partial charge in [0.2, 0.25) is 0 Å². The number of carbonyl (C=O) groups is 1. The monoisotopic (exact) mass is 199 g/mol. The molecule has 0 unspecified atom stereocenters. The van der Waals surface area contributed by atoms with Gasteiger partial charge in [-0.15, -0.1) is 0 Å². The van der Waals surface area contributed by atoms with Crippen LogP contribution in [0.1, 0.15) is 11.6 Å². The third kappa shape index (κ3) is 2.44. The molecule has 0 aliphatic rings. The summed E-state index contributed by atoms with van der Waals surface area (Å²) in [6, 6.07) is 6.07. The average Bonchev–Trinajstić information content (AvgIpc) is 2.15. The number of rotatable bonds is 2. The first-order valence-electron chi connectivity index (χ1n) is 3.74. The molecule has 1 rings (SSSR count). The topological polar surface area (TPSA) is 52.3 Å². The normalized spacial score (nSPS) is 12.2. The highest BCUT2D eigenvalue weighted by Crippen LogP contribution is 2.16. The van der Waals surface area contributed by atoms with Crippen LogP contribution in [0.15, 0.2) is 24.3 Å². The first-order valence-corrected chi connectivity index (χ1v) is 4.12. The van der Waals surface area contributed by atoms with Crippen molar-refractivity contribution in [1.29, 1.82) is 0 Å². The van der Waals surface area contributed by atoms with E-state index in [9.17, 15) is 4.79 Å². The van der Waals surface area contributed by atoms with E-state index in [0.29, 0.717) is 10.6 Å². The smallest absolute Gasteiger partial charge is 0.327 e. The maximum Gasteiger partial charge on any atom is 0.327 e. The van der Waals surface area contributed by atoms with Gasteiger partial charge >= 0.3 is 5.97 Å². The van der Waals surface area contributed by atoms with Crippen molar-refractivity contribution in [1.82, 2.24) is 0 Å². The highest BCUT2D eigenvalue weighted by molar-refractivity contribution is 6.30. The fourth-order valence-electron chi connectivity index (χ4n) is 0.963. The number of hydrogen-bond acceptors (Lipinski definition) is 3. The van der Waals surface area contributed by atoms with Crippen LogP contribution in [-0.2, 0) is 9.53 Å². The fraction of sp³-hybridized carbons (Fsp3) is 0.222. The van der Waals surface area contributed by atoms with Gasteiger partial charge in [0.1, 0.15) is 6.04 Å². The van der Waals surface area contributed by atoms with E-state index in [0.717, 1.165) is 0 Å². The van der Waals surface area contributed by atoms with Crippen molar-refractivity contribution < 1.29 is 9.53 Å². The minimum atomic E-state index is -0.760. The van der Waals surface area contributed by atoms with Gasteiger partial charge in [-0.1, -0.05) is 23.7 Å². The van der Waals surface area contributed by atoms with Crippen LogP contribution in [0.3, 0.4) is 0 Å². The van der Waals surface area contributed by atoms with Crippen LogP contribution < -0.4 is 5.73 Å². The predicted molar refractivity (Wildman–Crippen MR) is 50.4 cm³/mol. The van der Waals surface area contributed by atoms with E-state index in [1.807, 2.05) is 0 Å². The van der Waals surface area contributed by atoms with E-state index < -0.39 is 12.0 Å². The number of esters is 1. The molecular formula is C9H10ClNO2. The Morgan fingerprint density at radius 2 is 2.31 bits per heavy atom. The van der Waals surface area contributed by atoms with Crippen molar-refractivity contribution in [3.8, 4) is 0 Å². The molecule has 0 spiro atoms. The molecule has 1 atom stereocenters. The van der Waals surface area contributed by atoms with Crippen LogP contribution in [0, 0.1) is 0 Å². The van der Waals surface area contributed by atoms with Crippen LogP contribution in [0.2, 0.25) is 5.02 Å². The lowest BCUT2D eigenvalue weighted by molar-refractivity contribution is -0.142. The van der Waals surface area contributed by atoms with Gasteiger partial charge in [0.15, 0.2) is 0 Å². The zero-order valence-electron chi connectivity index (χ0n) is 7.16. The molecule has 2 N–H and O–H groups in total. The molecule has 0 radical (unpaired) electrons. The average molecular weight is 200 g/mol. The van der Waals surface area contributed by atoms with Gasteiger partial charge in [-0.2, -0.15) is 0 Å². The first kappa shape index (κ1) is 10.0. The summed E-state index contributed by atoms with van der Waals surface area (Å²) in [6.45, 7) is 0. The van der Waals surface area contributed by atoms with E-state index in [1.165, 1.54) is 7.11 Å². The highest BCUT2D eigenvalue weighted by Gasteiger charge is 2.15. The largest absolute Gasteiger partial charge is 0.468 e. The van der Waals surface area contributed by atoms with Crippen LogP contribution >= 0.6 is 11.6 Å². The molecule has 0 amide bonds. The highest BCUT2D eigenvalue weighted by atomic mass is 35.5. The van der Waals surface area contributed by atoms with Gasteiger partial charge in [0.05, 0.1) is 7.11 Å². The number of benzene rings is 1. The maximum absolute atomic E-state index is 11.0. The van der Waals surface area contributed by atoms with Crippen LogP contribution in [0.5, 0.6) is 0 Å². The molecule has 0 aliphatic heterocycles. The summed E-state index contributed by atoms with van der Waals surface area (Å²) in [4.78, 5) is 11.0. The number of halogens is 1. The minimum absolute atomic E-state index is 0.470. The summed E-state index contributed by atoms with van der Waals surface area (Å²) in [5, 5.41) is 0.553. The lowest BCUT2D eigenvalue weighted by Gasteiger charge is -2.08. The zero-order valence-corrected chi connectivity index (χ0v) is 7.91. The van der Waals surface area contributed by atoms with Crippen molar-refractivity contribution in [3.05, 3.63) is 34.9 Å². The van der Waals surface area contributed by atoms with Gasteiger partial charge in [-0.3, -0.25) is 4.79 Å². The number of ether oxygens (including phenoxy) is 1. The summed E-state index contributed by atoms with van der Waals surface area (Å²) in [5.41, 5.74) is 6.24. The van der Waals surface area contributed by atoms with Gasteiger partial charge in [0.25, 0.3) is 0 Å². The lowest BCUT2D eigenvalue weighted by Crippen LogP contribution is -2.22. The molecule has 0 fully saturated rings. The number of nitrogens with two attached hydrogens (primary N) is 1. The van der Waals surface area contributed by atoms with Crippen molar-refractivity contribution in [3.63, 3.8) is 0 Å². The third-order valence-electron chi connectivity index (χ3n) is 1.66. The third-order valence-corrected chi connectivity index (χ3v) is 1.90. The van der Waals surface area contributed by atoms with Crippen LogP contribution in [0.25, 0.3) is 0 Å². The van der Waals surface area contributed by atoms with E-state index in [1.54, 1.807) is 24.3 Å². The van der Waals surface area contributed by atoms with Gasteiger partial charge < -0.3 is 10.5 Å². The van der Waals surface area contributed by atoms with E-state index in [-0.39, 0.29) is 0 Å². The van der Waals surface area contributed by atoms with Crippen molar-refractivity contribution in [2.45, 2.75) is 6.04 Å². The predicted octanol–water partition coefficient (Wildman–Crippen LogP) is 1.51. The molecule has 1 aromatic rings. The molecule has 0 bridgehead atoms. The Labute approximate surface area is 81.4 Å². The molecule has 13 heavy (non-hydrogen) atoms. The van der Waals surface area contributed by atoms with E-state index in [2.05, 4.69) is 4.74 Å². The van der Waals surface area contributed by atoms with Crippen LogP contribution in [0.4, 0.5) is 0 Å². The Morgan fingerprint density at radius 3 is 2.85 bits per heavy atom. The first-order chi connectivity index (χ1) is 6.15. The summed E-state index contributed by atoms with van der Waals surface area (Å²) < 4.78 is 4.50. The molecule has 3 nitrogen and oxygen atoms in total. The minimum Gasteiger partial charge on any atom is -0.468 e. The number of carbonyl (C=O) groups excluding carboxylic acids is 1. The molecular weight excluding hydrogens is 190 g/mol. The number of methoxy groups -OCH3 is 1. The van der Waals surface area contributed by atoms with E-state index in [4.69, 9.17) is 17.3 Å². The van der Waals surface area contributed by atoms with Gasteiger partial charge in [0, 0.05) is 5.02 Å². The molecule has 0 aromatic heterocycles. The summed E-state index contributed by atoms with van der Waals surface area (Å²) in [6.07, 6.45) is 0. The molecule has 0 saturated heterocycles. The second-order valence-electron chi connectivity index (χ2n) is 2.56. The molecule has 70 valence electrons. The molecule has 0 aliphatic carbocycles. The standard InChI is InChI=1S/C9H10ClNO2/c1-13-9(12)8(11)6-3-2-4-7(10)5-6/h2-5,8H,11H2,1H3/t8-/m1/s1. The van der Waals surface area contributed by atoms with Crippen molar-refractivity contribution in [2.24, 2.45) is 5.73 Å². The summed E-state index contributed by atoms with van der Waals surface area (Å²) in [5.74, 6) is -0.470. The molecule has 0 saturated carbocycles. The lowest BCUT2D eigenvalue weighted by atomic mass is 10.1.